The van der Waals surface area contributed by atoms with Crippen LogP contribution in [0.1, 0.15) is 25.7 Å². The SMILES string of the molecule is Fc1cc2[nH]c(=S)n(CCC3=CCCC3)c2cc1Cl. The molecule has 100 valence electrons. The number of allylic oxidation sites excluding steroid dienone is 2. The number of aromatic amines is 1. The van der Waals surface area contributed by atoms with E-state index in [0.29, 0.717) is 10.3 Å². The molecule has 0 unspecified atom stereocenters. The lowest BCUT2D eigenvalue weighted by atomic mass is 10.1. The number of imidazole rings is 1. The Labute approximate surface area is 120 Å². The van der Waals surface area contributed by atoms with Crippen LogP contribution in [0, 0.1) is 10.6 Å². The van der Waals surface area contributed by atoms with Gasteiger partial charge in [-0.25, -0.2) is 4.39 Å². The molecule has 0 atom stereocenters. The molecule has 2 nitrogen and oxygen atoms in total. The van der Waals surface area contributed by atoms with Gasteiger partial charge in [0.2, 0.25) is 0 Å². The molecule has 1 aliphatic rings. The van der Waals surface area contributed by atoms with E-state index in [9.17, 15) is 4.39 Å². The number of hydrogen-bond donors (Lipinski definition) is 1. The van der Waals surface area contributed by atoms with Crippen molar-refractivity contribution < 1.29 is 4.39 Å². The van der Waals surface area contributed by atoms with E-state index in [0.717, 1.165) is 18.5 Å². The number of aryl methyl sites for hydroxylation is 1. The predicted octanol–water partition coefficient (Wildman–Crippen LogP) is 4.99. The highest BCUT2D eigenvalue weighted by molar-refractivity contribution is 7.71. The molecule has 1 N–H and O–H groups in total. The van der Waals surface area contributed by atoms with Crippen molar-refractivity contribution in [2.75, 3.05) is 0 Å². The second-order valence-corrected chi connectivity index (χ2v) is 5.66. The Morgan fingerprint density at radius 3 is 3.00 bits per heavy atom. The summed E-state index contributed by atoms with van der Waals surface area (Å²) in [6.07, 6.45) is 6.93. The number of hydrogen-bond acceptors (Lipinski definition) is 1. The number of H-pyrrole nitrogens is 1. The van der Waals surface area contributed by atoms with Crippen LogP contribution < -0.4 is 0 Å². The molecule has 0 spiro atoms. The maximum Gasteiger partial charge on any atom is 0.178 e. The molecule has 0 aliphatic heterocycles. The fourth-order valence-electron chi connectivity index (χ4n) is 2.59. The number of benzene rings is 1. The van der Waals surface area contributed by atoms with Gasteiger partial charge in [0.1, 0.15) is 5.82 Å². The van der Waals surface area contributed by atoms with Crippen LogP contribution in [-0.2, 0) is 6.54 Å². The Hall–Kier alpha value is -1.13. The van der Waals surface area contributed by atoms with Crippen LogP contribution in [-0.4, -0.2) is 9.55 Å². The smallest absolute Gasteiger partial charge is 0.178 e. The Kier molecular flexibility index (Phi) is 3.46. The molecule has 0 bridgehead atoms. The second-order valence-electron chi connectivity index (χ2n) is 4.87. The number of fused-ring (bicyclic) bond motifs is 1. The molecule has 5 heteroatoms. The van der Waals surface area contributed by atoms with Gasteiger partial charge >= 0.3 is 0 Å². The van der Waals surface area contributed by atoms with Gasteiger partial charge in [0.15, 0.2) is 4.77 Å². The topological polar surface area (TPSA) is 20.7 Å². The highest BCUT2D eigenvalue weighted by Gasteiger charge is 2.10. The summed E-state index contributed by atoms with van der Waals surface area (Å²) < 4.78 is 16.0. The van der Waals surface area contributed by atoms with Crippen LogP contribution in [0.2, 0.25) is 5.02 Å². The van der Waals surface area contributed by atoms with Gasteiger partial charge in [-0.05, 0) is 44.0 Å². The first-order valence-electron chi connectivity index (χ1n) is 6.40. The van der Waals surface area contributed by atoms with Crippen LogP contribution in [0.15, 0.2) is 23.8 Å². The average Bonchev–Trinajstić information content (AvgIpc) is 2.96. The van der Waals surface area contributed by atoms with Crippen LogP contribution in [0.4, 0.5) is 4.39 Å². The van der Waals surface area contributed by atoms with E-state index in [1.807, 2.05) is 4.57 Å². The predicted molar refractivity (Wildman–Crippen MR) is 78.6 cm³/mol. The van der Waals surface area contributed by atoms with E-state index in [1.54, 1.807) is 6.07 Å². The van der Waals surface area contributed by atoms with Crippen molar-refractivity contribution in [3.63, 3.8) is 0 Å². The Morgan fingerprint density at radius 1 is 1.42 bits per heavy atom. The van der Waals surface area contributed by atoms with Gasteiger partial charge in [-0.3, -0.25) is 0 Å². The Bertz CT molecular complexity index is 714. The third kappa shape index (κ3) is 2.47. The van der Waals surface area contributed by atoms with Crippen molar-refractivity contribution in [3.8, 4) is 0 Å². The second kappa shape index (κ2) is 5.10. The summed E-state index contributed by atoms with van der Waals surface area (Å²) in [6, 6.07) is 3.04. The summed E-state index contributed by atoms with van der Waals surface area (Å²) in [5.74, 6) is -0.420. The van der Waals surface area contributed by atoms with Gasteiger partial charge in [-0.1, -0.05) is 23.3 Å². The molecule has 1 aromatic carbocycles. The monoisotopic (exact) mass is 296 g/mol. The van der Waals surface area contributed by atoms with Crippen molar-refractivity contribution >= 4 is 34.9 Å². The van der Waals surface area contributed by atoms with Crippen molar-refractivity contribution in [2.24, 2.45) is 0 Å². The van der Waals surface area contributed by atoms with E-state index in [2.05, 4.69) is 11.1 Å². The Balaban J connectivity index is 1.95. The molecular weight excluding hydrogens is 283 g/mol. The van der Waals surface area contributed by atoms with Gasteiger partial charge in [0.05, 0.1) is 16.1 Å². The van der Waals surface area contributed by atoms with Crippen molar-refractivity contribution in [1.29, 1.82) is 0 Å². The van der Waals surface area contributed by atoms with Gasteiger partial charge in [0, 0.05) is 12.6 Å². The molecule has 0 amide bonds. The van der Waals surface area contributed by atoms with Crippen LogP contribution in [0.3, 0.4) is 0 Å². The van der Waals surface area contributed by atoms with Crippen LogP contribution in [0.25, 0.3) is 11.0 Å². The molecule has 2 aromatic rings. The summed E-state index contributed by atoms with van der Waals surface area (Å²) in [7, 11) is 0. The number of nitrogens with zero attached hydrogens (tertiary/aromatic N) is 1. The maximum atomic E-state index is 13.4. The summed E-state index contributed by atoms with van der Waals surface area (Å²) in [4.78, 5) is 3.03. The van der Waals surface area contributed by atoms with E-state index in [1.165, 1.54) is 30.9 Å². The summed E-state index contributed by atoms with van der Waals surface area (Å²) in [5, 5.41) is 0.135. The zero-order valence-corrected chi connectivity index (χ0v) is 12.0. The normalized spacial score (nSPS) is 15.2. The van der Waals surface area contributed by atoms with Crippen molar-refractivity contribution in [2.45, 2.75) is 32.2 Å². The highest BCUT2D eigenvalue weighted by Crippen LogP contribution is 2.25. The molecule has 0 fully saturated rings. The molecule has 0 saturated carbocycles. The molecule has 1 aliphatic carbocycles. The number of aromatic nitrogens is 2. The molecule has 1 heterocycles. The standard InChI is InChI=1S/C14H14ClFN2S/c15-10-7-13-12(8-11(10)16)17-14(19)18(13)6-5-9-3-1-2-4-9/h3,7-8H,1-2,4-6H2,(H,17,19). The first-order chi connectivity index (χ1) is 9.15. The lowest BCUT2D eigenvalue weighted by Crippen LogP contribution is -1.99. The zero-order valence-electron chi connectivity index (χ0n) is 10.4. The Morgan fingerprint density at radius 2 is 2.26 bits per heavy atom. The third-order valence-electron chi connectivity index (χ3n) is 3.61. The lowest BCUT2D eigenvalue weighted by molar-refractivity contribution is 0.629. The van der Waals surface area contributed by atoms with Crippen LogP contribution >= 0.6 is 23.8 Å². The fraction of sp³-hybridized carbons (Fsp3) is 0.357. The molecule has 0 radical (unpaired) electrons. The molecule has 1 aromatic heterocycles. The van der Waals surface area contributed by atoms with E-state index >= 15 is 0 Å². The van der Waals surface area contributed by atoms with Gasteiger partial charge < -0.3 is 9.55 Å². The zero-order chi connectivity index (χ0) is 13.4. The highest BCUT2D eigenvalue weighted by atomic mass is 35.5. The first kappa shape index (κ1) is 12.9. The quantitative estimate of drug-likeness (QED) is 0.625. The van der Waals surface area contributed by atoms with Gasteiger partial charge in [-0.15, -0.1) is 0 Å². The molecule has 0 saturated heterocycles. The molecular formula is C14H14ClFN2S. The van der Waals surface area contributed by atoms with Crippen molar-refractivity contribution in [1.82, 2.24) is 9.55 Å². The minimum Gasteiger partial charge on any atom is -0.330 e. The summed E-state index contributed by atoms with van der Waals surface area (Å²) in [6.45, 7) is 0.812. The average molecular weight is 297 g/mol. The largest absolute Gasteiger partial charge is 0.330 e. The molecule has 3 rings (SSSR count). The fourth-order valence-corrected chi connectivity index (χ4v) is 3.05. The van der Waals surface area contributed by atoms with Gasteiger partial charge in [0.25, 0.3) is 0 Å². The van der Waals surface area contributed by atoms with E-state index in [-0.39, 0.29) is 5.02 Å². The summed E-state index contributed by atoms with van der Waals surface area (Å²) in [5.41, 5.74) is 3.06. The minimum absolute atomic E-state index is 0.135. The van der Waals surface area contributed by atoms with Gasteiger partial charge in [-0.2, -0.15) is 0 Å². The first-order valence-corrected chi connectivity index (χ1v) is 7.19. The summed E-state index contributed by atoms with van der Waals surface area (Å²) >= 11 is 11.2. The van der Waals surface area contributed by atoms with E-state index < -0.39 is 5.82 Å². The number of halogens is 2. The minimum atomic E-state index is -0.420. The molecule has 19 heavy (non-hydrogen) atoms. The van der Waals surface area contributed by atoms with Crippen molar-refractivity contribution in [3.05, 3.63) is 39.4 Å². The maximum absolute atomic E-state index is 13.4. The number of rotatable bonds is 3. The number of nitrogens with one attached hydrogen (secondary N) is 1. The third-order valence-corrected chi connectivity index (χ3v) is 4.22. The van der Waals surface area contributed by atoms with E-state index in [4.69, 9.17) is 23.8 Å². The lowest BCUT2D eigenvalue weighted by Gasteiger charge is -2.06. The van der Waals surface area contributed by atoms with Crippen LogP contribution in [0.5, 0.6) is 0 Å².